The molecule has 0 bridgehead atoms. The summed E-state index contributed by atoms with van der Waals surface area (Å²) in [5, 5.41) is 20.5. The average Bonchev–Trinajstić information content (AvgIpc) is 3.24. The Morgan fingerprint density at radius 2 is 2.03 bits per heavy atom. The Balaban J connectivity index is 0.00000176. The highest BCUT2D eigenvalue weighted by Gasteiger charge is 2.19. The van der Waals surface area contributed by atoms with E-state index in [0.29, 0.717) is 28.5 Å². The first-order valence-electron chi connectivity index (χ1n) is 10.7. The van der Waals surface area contributed by atoms with Crippen molar-refractivity contribution in [2.24, 2.45) is 7.05 Å². The number of unbranched alkanes of at least 4 members (excludes halogenated alkanes) is 1. The van der Waals surface area contributed by atoms with E-state index in [2.05, 4.69) is 39.9 Å². The summed E-state index contributed by atoms with van der Waals surface area (Å²) >= 11 is 0. The molecular formula is C22H33N7O3. The second-order valence-corrected chi connectivity index (χ2v) is 7.25. The van der Waals surface area contributed by atoms with Crippen molar-refractivity contribution in [3.8, 4) is 0 Å². The van der Waals surface area contributed by atoms with Gasteiger partial charge in [0.05, 0.1) is 6.20 Å². The van der Waals surface area contributed by atoms with Crippen LogP contribution in [-0.4, -0.2) is 50.4 Å². The second-order valence-electron chi connectivity index (χ2n) is 7.25. The Morgan fingerprint density at radius 1 is 1.28 bits per heavy atom. The predicted octanol–water partition coefficient (Wildman–Crippen LogP) is 2.52. The second kappa shape index (κ2) is 11.8. The monoisotopic (exact) mass is 443 g/mol. The van der Waals surface area contributed by atoms with Gasteiger partial charge in [0.25, 0.3) is 11.5 Å². The molecule has 0 aliphatic rings. The average molecular weight is 444 g/mol. The standard InChI is InChI=1S/C21H29N7O2.CH4O/c1-5-7-9-14(6-2)24-20(29)15-13-23-28-18(22-3)12-17(26-19(15)28)25-16-10-8-11-27(4)21(16)30;1-2/h8,10-14,22H,5-7,9H2,1-4H3,(H,24,29)(H,25,26);2H,1H3/t14-;/m1./s1. The van der Waals surface area contributed by atoms with Crippen molar-refractivity contribution in [2.75, 3.05) is 24.8 Å². The number of carbonyl (C=O) groups excluding carboxylic acids is 1. The molecule has 3 aromatic rings. The minimum absolute atomic E-state index is 0.116. The molecule has 10 heteroatoms. The molecule has 3 aromatic heterocycles. The molecule has 3 heterocycles. The van der Waals surface area contributed by atoms with Crippen LogP contribution < -0.4 is 21.5 Å². The summed E-state index contributed by atoms with van der Waals surface area (Å²) in [4.78, 5) is 29.8. The highest BCUT2D eigenvalue weighted by atomic mass is 16.2. The van der Waals surface area contributed by atoms with Crippen molar-refractivity contribution in [3.63, 3.8) is 0 Å². The lowest BCUT2D eigenvalue weighted by atomic mass is 10.1. The summed E-state index contributed by atoms with van der Waals surface area (Å²) in [6.45, 7) is 4.20. The lowest BCUT2D eigenvalue weighted by Gasteiger charge is -2.16. The van der Waals surface area contributed by atoms with E-state index in [-0.39, 0.29) is 17.5 Å². The van der Waals surface area contributed by atoms with Crippen LogP contribution in [0, 0.1) is 0 Å². The molecular weight excluding hydrogens is 410 g/mol. The van der Waals surface area contributed by atoms with Crippen molar-refractivity contribution in [1.29, 1.82) is 0 Å². The molecule has 0 saturated carbocycles. The highest BCUT2D eigenvalue weighted by Crippen LogP contribution is 2.21. The number of nitrogens with zero attached hydrogens (tertiary/aromatic N) is 4. The van der Waals surface area contributed by atoms with Gasteiger partial charge in [0.15, 0.2) is 5.65 Å². The zero-order valence-corrected chi connectivity index (χ0v) is 19.3. The number of hydrogen-bond donors (Lipinski definition) is 4. The van der Waals surface area contributed by atoms with Gasteiger partial charge in [-0.05, 0) is 25.0 Å². The SMILES string of the molecule is CCCC[C@@H](CC)NC(=O)c1cnn2c(NC)cc(Nc3cccn(C)c3=O)nc12.CO. The van der Waals surface area contributed by atoms with Gasteiger partial charge in [0.2, 0.25) is 0 Å². The first-order chi connectivity index (χ1) is 15.5. The van der Waals surface area contributed by atoms with Crippen LogP contribution in [0.25, 0.3) is 5.65 Å². The smallest absolute Gasteiger partial charge is 0.274 e. The maximum Gasteiger partial charge on any atom is 0.274 e. The summed E-state index contributed by atoms with van der Waals surface area (Å²) < 4.78 is 3.06. The van der Waals surface area contributed by atoms with Crippen molar-refractivity contribution in [2.45, 2.75) is 45.6 Å². The van der Waals surface area contributed by atoms with Crippen LogP contribution in [0.1, 0.15) is 49.9 Å². The minimum Gasteiger partial charge on any atom is -0.400 e. The third-order valence-corrected chi connectivity index (χ3v) is 5.09. The van der Waals surface area contributed by atoms with E-state index < -0.39 is 0 Å². The van der Waals surface area contributed by atoms with E-state index >= 15 is 0 Å². The van der Waals surface area contributed by atoms with Gasteiger partial charge in [-0.25, -0.2) is 4.98 Å². The fourth-order valence-corrected chi connectivity index (χ4v) is 3.29. The maximum atomic E-state index is 12.9. The van der Waals surface area contributed by atoms with Gasteiger partial charge in [-0.1, -0.05) is 26.7 Å². The molecule has 0 unspecified atom stereocenters. The molecule has 0 saturated heterocycles. The number of amides is 1. The molecule has 0 aromatic carbocycles. The number of nitrogens with one attached hydrogen (secondary N) is 3. The topological polar surface area (TPSA) is 126 Å². The molecule has 32 heavy (non-hydrogen) atoms. The number of pyridine rings is 1. The summed E-state index contributed by atoms with van der Waals surface area (Å²) in [5.74, 6) is 0.894. The maximum absolute atomic E-state index is 12.9. The van der Waals surface area contributed by atoms with E-state index in [1.54, 1.807) is 43.0 Å². The number of aryl methyl sites for hydroxylation is 1. The van der Waals surface area contributed by atoms with Gasteiger partial charge in [-0.15, -0.1) is 0 Å². The lowest BCUT2D eigenvalue weighted by molar-refractivity contribution is 0.0935. The van der Waals surface area contributed by atoms with Gasteiger partial charge in [0, 0.05) is 39.5 Å². The molecule has 10 nitrogen and oxygen atoms in total. The van der Waals surface area contributed by atoms with E-state index in [4.69, 9.17) is 5.11 Å². The molecule has 3 rings (SSSR count). The van der Waals surface area contributed by atoms with Crippen molar-refractivity contribution in [1.82, 2.24) is 24.5 Å². The number of carbonyl (C=O) groups is 1. The first kappa shape index (κ1) is 24.9. The van der Waals surface area contributed by atoms with Crippen molar-refractivity contribution < 1.29 is 9.90 Å². The summed E-state index contributed by atoms with van der Waals surface area (Å²) in [6, 6.07) is 5.33. The van der Waals surface area contributed by atoms with Crippen LogP contribution in [0.3, 0.4) is 0 Å². The summed E-state index contributed by atoms with van der Waals surface area (Å²) in [5.41, 5.74) is 1.04. The number of aromatic nitrogens is 4. The zero-order valence-electron chi connectivity index (χ0n) is 19.3. The molecule has 0 spiro atoms. The number of hydrogen-bond acceptors (Lipinski definition) is 7. The molecule has 0 radical (unpaired) electrons. The van der Waals surface area contributed by atoms with Crippen LogP contribution in [-0.2, 0) is 7.05 Å². The Kier molecular flexibility index (Phi) is 9.21. The molecule has 0 aliphatic carbocycles. The normalized spacial score (nSPS) is 11.4. The third-order valence-electron chi connectivity index (χ3n) is 5.09. The van der Waals surface area contributed by atoms with Crippen LogP contribution >= 0.6 is 0 Å². The number of anilines is 3. The Labute approximate surface area is 187 Å². The number of fused-ring (bicyclic) bond motifs is 1. The molecule has 0 fully saturated rings. The van der Waals surface area contributed by atoms with Crippen molar-refractivity contribution in [3.05, 3.63) is 46.5 Å². The highest BCUT2D eigenvalue weighted by molar-refractivity contribution is 6.00. The molecule has 0 aliphatic heterocycles. The van der Waals surface area contributed by atoms with E-state index in [1.165, 1.54) is 10.8 Å². The number of aliphatic hydroxyl groups excluding tert-OH is 1. The first-order valence-corrected chi connectivity index (χ1v) is 10.7. The third kappa shape index (κ3) is 5.64. The van der Waals surface area contributed by atoms with Crippen LogP contribution in [0.5, 0.6) is 0 Å². The Morgan fingerprint density at radius 3 is 2.69 bits per heavy atom. The van der Waals surface area contributed by atoms with Gasteiger partial charge >= 0.3 is 0 Å². The van der Waals surface area contributed by atoms with E-state index in [1.807, 2.05) is 0 Å². The Hall–Kier alpha value is -3.40. The zero-order chi connectivity index (χ0) is 23.7. The largest absolute Gasteiger partial charge is 0.400 e. The fraction of sp³-hybridized carbons (Fsp3) is 0.455. The summed E-state index contributed by atoms with van der Waals surface area (Å²) in [6.07, 6.45) is 7.17. The molecule has 4 N–H and O–H groups in total. The van der Waals surface area contributed by atoms with Crippen LogP contribution in [0.15, 0.2) is 35.4 Å². The fourth-order valence-electron chi connectivity index (χ4n) is 3.29. The lowest BCUT2D eigenvalue weighted by Crippen LogP contribution is -2.34. The van der Waals surface area contributed by atoms with Gasteiger partial charge in [-0.2, -0.15) is 9.61 Å². The van der Waals surface area contributed by atoms with Crippen molar-refractivity contribution >= 4 is 28.9 Å². The van der Waals surface area contributed by atoms with E-state index in [9.17, 15) is 9.59 Å². The molecule has 1 atom stereocenters. The predicted molar refractivity (Wildman–Crippen MR) is 127 cm³/mol. The molecule has 1 amide bonds. The summed E-state index contributed by atoms with van der Waals surface area (Å²) in [7, 11) is 4.45. The van der Waals surface area contributed by atoms with Crippen LogP contribution in [0.2, 0.25) is 0 Å². The van der Waals surface area contributed by atoms with Gasteiger partial charge in [-0.3, -0.25) is 9.59 Å². The van der Waals surface area contributed by atoms with Crippen LogP contribution in [0.4, 0.5) is 17.3 Å². The quantitative estimate of drug-likeness (QED) is 0.400. The van der Waals surface area contributed by atoms with Gasteiger partial charge in [0.1, 0.15) is 22.9 Å². The Bertz CT molecular complexity index is 1090. The van der Waals surface area contributed by atoms with E-state index in [0.717, 1.165) is 32.8 Å². The number of aliphatic hydroxyl groups is 1. The minimum atomic E-state index is -0.199. The van der Waals surface area contributed by atoms with Gasteiger partial charge < -0.3 is 25.6 Å². The number of rotatable bonds is 9. The molecule has 174 valence electrons.